The van der Waals surface area contributed by atoms with Gasteiger partial charge in [-0.25, -0.2) is 0 Å². The average Bonchev–Trinajstić information content (AvgIpc) is 2.55. The first-order valence-corrected chi connectivity index (χ1v) is 9.20. The number of likely N-dealkylation sites (N-methyl/N-ethyl adjacent to an activating group) is 1. The van der Waals surface area contributed by atoms with E-state index in [-0.39, 0.29) is 29.6 Å². The van der Waals surface area contributed by atoms with Gasteiger partial charge in [0.2, 0.25) is 0 Å². The Bertz CT molecular complexity index is 312. The molecule has 6 heteroatoms. The third kappa shape index (κ3) is 3.54. The van der Waals surface area contributed by atoms with Crippen LogP contribution in [-0.2, 0) is 14.0 Å². The molecule has 0 spiro atoms. The number of carbonyl (C=O) groups is 1. The molecule has 0 bridgehead atoms. The Morgan fingerprint density at radius 1 is 1.50 bits per heavy atom. The first kappa shape index (κ1) is 15.6. The zero-order valence-electron chi connectivity index (χ0n) is 12.2. The second-order valence-corrected chi connectivity index (χ2v) is 11.3. The minimum Gasteiger partial charge on any atom is -0.458 e. The van der Waals surface area contributed by atoms with Crippen LogP contribution in [0.4, 0.5) is 0 Å². The lowest BCUT2D eigenvalue weighted by atomic mass is 10.1. The summed E-state index contributed by atoms with van der Waals surface area (Å²) in [6.45, 7) is 11.2. The predicted octanol–water partition coefficient (Wildman–Crippen LogP) is 2.01. The summed E-state index contributed by atoms with van der Waals surface area (Å²) in [6, 6.07) is -0.303. The normalized spacial score (nSPS) is 25.7. The van der Waals surface area contributed by atoms with Gasteiger partial charge in [-0.1, -0.05) is 20.8 Å². The van der Waals surface area contributed by atoms with Crippen molar-refractivity contribution in [3.05, 3.63) is 0 Å². The molecule has 0 aromatic heterocycles. The lowest BCUT2D eigenvalue weighted by Crippen LogP contribution is -2.46. The maximum Gasteiger partial charge on any atom is 0.308 e. The molecule has 1 heterocycles. The second kappa shape index (κ2) is 5.28. The van der Waals surface area contributed by atoms with Crippen LogP contribution in [0.1, 0.15) is 27.2 Å². The molecule has 2 atom stereocenters. The van der Waals surface area contributed by atoms with Crippen molar-refractivity contribution in [1.82, 2.24) is 5.06 Å². The van der Waals surface area contributed by atoms with Crippen molar-refractivity contribution >= 4 is 14.3 Å². The molecule has 0 aromatic carbocycles. The fourth-order valence-corrected chi connectivity index (χ4v) is 2.64. The van der Waals surface area contributed by atoms with E-state index in [1.165, 1.54) is 7.05 Å². The van der Waals surface area contributed by atoms with Gasteiger partial charge in [-0.05, 0) is 18.1 Å². The predicted molar refractivity (Wildman–Crippen MR) is 71.0 cm³/mol. The van der Waals surface area contributed by atoms with Crippen LogP contribution in [0.2, 0.25) is 18.1 Å². The number of rotatable bonds is 4. The monoisotopic (exact) mass is 275 g/mol. The van der Waals surface area contributed by atoms with E-state index in [0.717, 1.165) is 5.06 Å². The highest BCUT2D eigenvalue weighted by atomic mass is 28.4. The van der Waals surface area contributed by atoms with Gasteiger partial charge in [-0.15, -0.1) is 0 Å². The Morgan fingerprint density at radius 2 is 2.06 bits per heavy atom. The van der Waals surface area contributed by atoms with Crippen LogP contribution in [0.5, 0.6) is 0 Å². The summed E-state index contributed by atoms with van der Waals surface area (Å²) in [4.78, 5) is 11.3. The zero-order valence-corrected chi connectivity index (χ0v) is 13.2. The Balaban J connectivity index is 2.60. The number of hydroxylamine groups is 2. The third-order valence-corrected chi connectivity index (χ3v) is 8.48. The molecular formula is C12H25NO4Si. The van der Waals surface area contributed by atoms with Crippen LogP contribution in [0, 0.1) is 0 Å². The number of carbonyl (C=O) groups excluding carboxylic acids is 1. The van der Waals surface area contributed by atoms with E-state index in [2.05, 4.69) is 33.9 Å². The van der Waals surface area contributed by atoms with Crippen LogP contribution in [0.15, 0.2) is 0 Å². The molecule has 1 aliphatic rings. The van der Waals surface area contributed by atoms with Gasteiger partial charge in [0, 0.05) is 7.05 Å². The van der Waals surface area contributed by atoms with Crippen molar-refractivity contribution in [2.45, 2.75) is 57.5 Å². The highest BCUT2D eigenvalue weighted by Gasteiger charge is 2.42. The van der Waals surface area contributed by atoms with E-state index in [9.17, 15) is 10.0 Å². The minimum atomic E-state index is -1.85. The van der Waals surface area contributed by atoms with Gasteiger partial charge in [0.25, 0.3) is 0 Å². The molecule has 0 saturated carbocycles. The lowest BCUT2D eigenvalue weighted by Gasteiger charge is -2.37. The molecule has 1 fully saturated rings. The number of esters is 1. The van der Waals surface area contributed by atoms with Crippen molar-refractivity contribution in [3.8, 4) is 0 Å². The summed E-state index contributed by atoms with van der Waals surface area (Å²) >= 11 is 0. The molecule has 106 valence electrons. The van der Waals surface area contributed by atoms with Crippen molar-refractivity contribution in [3.63, 3.8) is 0 Å². The maximum atomic E-state index is 11.3. The Hall–Kier alpha value is -0.433. The minimum absolute atomic E-state index is 0.121. The number of hydrogen-bond acceptors (Lipinski definition) is 5. The molecule has 0 amide bonds. The maximum absolute atomic E-state index is 11.3. The number of nitrogens with zero attached hydrogens (tertiary/aromatic N) is 1. The highest BCUT2D eigenvalue weighted by molar-refractivity contribution is 6.74. The highest BCUT2D eigenvalue weighted by Crippen LogP contribution is 2.37. The molecule has 0 aromatic rings. The molecule has 18 heavy (non-hydrogen) atoms. The SMILES string of the molecule is CN(O)[C@H]1CC(=O)O[C@@H]1CO[Si](C)(C)C(C)(C)C. The van der Waals surface area contributed by atoms with Gasteiger partial charge in [0.05, 0.1) is 19.1 Å². The Morgan fingerprint density at radius 3 is 2.50 bits per heavy atom. The van der Waals surface area contributed by atoms with E-state index < -0.39 is 8.32 Å². The van der Waals surface area contributed by atoms with E-state index in [1.807, 2.05) is 0 Å². The van der Waals surface area contributed by atoms with Gasteiger partial charge in [0.1, 0.15) is 6.10 Å². The molecule has 1 N–H and O–H groups in total. The summed E-state index contributed by atoms with van der Waals surface area (Å²) in [5, 5.41) is 10.7. The molecule has 0 aliphatic carbocycles. The van der Waals surface area contributed by atoms with Crippen molar-refractivity contribution in [2.24, 2.45) is 0 Å². The third-order valence-electron chi connectivity index (χ3n) is 3.98. The summed E-state index contributed by atoms with van der Waals surface area (Å²) in [5.41, 5.74) is 0. The van der Waals surface area contributed by atoms with Crippen LogP contribution >= 0.6 is 0 Å². The number of cyclic esters (lactones) is 1. The molecule has 0 radical (unpaired) electrons. The van der Waals surface area contributed by atoms with Gasteiger partial charge in [-0.2, -0.15) is 5.06 Å². The van der Waals surface area contributed by atoms with Crippen LogP contribution in [0.25, 0.3) is 0 Å². The van der Waals surface area contributed by atoms with Gasteiger partial charge < -0.3 is 14.4 Å². The number of hydrogen-bond donors (Lipinski definition) is 1. The van der Waals surface area contributed by atoms with Crippen molar-refractivity contribution in [2.75, 3.05) is 13.7 Å². The van der Waals surface area contributed by atoms with Crippen molar-refractivity contribution in [1.29, 1.82) is 0 Å². The van der Waals surface area contributed by atoms with Gasteiger partial charge in [-0.3, -0.25) is 4.79 Å². The van der Waals surface area contributed by atoms with Crippen LogP contribution in [0.3, 0.4) is 0 Å². The van der Waals surface area contributed by atoms with Crippen molar-refractivity contribution < 1.29 is 19.2 Å². The Labute approximate surface area is 110 Å². The van der Waals surface area contributed by atoms with Gasteiger partial charge in [0.15, 0.2) is 8.32 Å². The molecule has 1 rings (SSSR count). The average molecular weight is 275 g/mol. The standard InChI is InChI=1S/C12H25NO4Si/c1-12(2,3)18(5,6)16-8-10-9(13(4)15)7-11(14)17-10/h9-10,15H,7-8H2,1-6H3/t9-,10+/m0/s1. The zero-order chi connectivity index (χ0) is 14.1. The first-order chi connectivity index (χ1) is 8.04. The van der Waals surface area contributed by atoms with Crippen LogP contribution < -0.4 is 0 Å². The Kier molecular flexibility index (Phi) is 4.59. The quantitative estimate of drug-likeness (QED) is 0.483. The van der Waals surface area contributed by atoms with E-state index in [4.69, 9.17) is 9.16 Å². The summed E-state index contributed by atoms with van der Waals surface area (Å²) in [5.74, 6) is -0.273. The first-order valence-electron chi connectivity index (χ1n) is 6.30. The van der Waals surface area contributed by atoms with Crippen LogP contribution in [-0.4, -0.2) is 50.4 Å². The summed E-state index contributed by atoms with van der Waals surface area (Å²) < 4.78 is 11.2. The largest absolute Gasteiger partial charge is 0.458 e. The molecular weight excluding hydrogens is 250 g/mol. The topological polar surface area (TPSA) is 59.0 Å². The lowest BCUT2D eigenvalue weighted by molar-refractivity contribution is -0.145. The van der Waals surface area contributed by atoms with E-state index in [0.29, 0.717) is 6.61 Å². The molecule has 5 nitrogen and oxygen atoms in total. The smallest absolute Gasteiger partial charge is 0.308 e. The summed E-state index contributed by atoms with van der Waals surface area (Å²) in [7, 11) is -0.317. The second-order valence-electron chi connectivity index (χ2n) is 6.44. The number of ether oxygens (including phenoxy) is 1. The van der Waals surface area contributed by atoms with E-state index in [1.54, 1.807) is 0 Å². The molecule has 1 saturated heterocycles. The van der Waals surface area contributed by atoms with Gasteiger partial charge >= 0.3 is 5.97 Å². The summed E-state index contributed by atoms with van der Waals surface area (Å²) in [6.07, 6.45) is -0.153. The molecule has 1 aliphatic heterocycles. The molecule has 0 unspecified atom stereocenters. The van der Waals surface area contributed by atoms with E-state index >= 15 is 0 Å². The fourth-order valence-electron chi connectivity index (χ4n) is 1.62. The fraction of sp³-hybridized carbons (Fsp3) is 0.917.